The standard InChI is InChI=1S/C19H13NO/c20-19(21)12-9-10-17-15-7-2-1-5-13(15)14-6-3-4-8-16(14)18(17)11-12/h1-11H,(H2,20,21). The highest BCUT2D eigenvalue weighted by atomic mass is 16.1. The zero-order chi connectivity index (χ0) is 14.4. The van der Waals surface area contributed by atoms with Crippen LogP contribution in [0.25, 0.3) is 32.3 Å². The highest BCUT2D eigenvalue weighted by Gasteiger charge is 2.09. The van der Waals surface area contributed by atoms with Crippen LogP contribution in [0.3, 0.4) is 0 Å². The van der Waals surface area contributed by atoms with Crippen molar-refractivity contribution in [2.24, 2.45) is 5.73 Å². The number of hydrogen-bond acceptors (Lipinski definition) is 1. The van der Waals surface area contributed by atoms with E-state index < -0.39 is 5.91 Å². The predicted molar refractivity (Wildman–Crippen MR) is 87.5 cm³/mol. The molecular formula is C19H13NO. The molecule has 4 aromatic carbocycles. The van der Waals surface area contributed by atoms with Crippen LogP contribution in [0.4, 0.5) is 0 Å². The van der Waals surface area contributed by atoms with Gasteiger partial charge in [-0.3, -0.25) is 4.79 Å². The molecule has 100 valence electrons. The minimum absolute atomic E-state index is 0.394. The van der Waals surface area contributed by atoms with E-state index in [1.807, 2.05) is 30.3 Å². The lowest BCUT2D eigenvalue weighted by atomic mass is 9.93. The first-order chi connectivity index (χ1) is 10.3. The summed E-state index contributed by atoms with van der Waals surface area (Å²) in [6.07, 6.45) is 0. The van der Waals surface area contributed by atoms with Crippen molar-refractivity contribution in [2.45, 2.75) is 0 Å². The molecule has 0 fully saturated rings. The molecule has 0 saturated heterocycles. The Balaban J connectivity index is 2.33. The fourth-order valence-corrected chi connectivity index (χ4v) is 3.06. The molecular weight excluding hydrogens is 258 g/mol. The first-order valence-electron chi connectivity index (χ1n) is 6.89. The van der Waals surface area contributed by atoms with E-state index in [0.717, 1.165) is 16.2 Å². The number of amides is 1. The van der Waals surface area contributed by atoms with Crippen LogP contribution in [0, 0.1) is 0 Å². The molecule has 2 N–H and O–H groups in total. The minimum atomic E-state index is -0.394. The highest BCUT2D eigenvalue weighted by Crippen LogP contribution is 2.35. The maximum atomic E-state index is 11.5. The Hall–Kier alpha value is -2.87. The second-order valence-corrected chi connectivity index (χ2v) is 5.22. The SMILES string of the molecule is NC(=O)c1ccc2c3ccccc3c3ccccc3c2c1. The second kappa shape index (κ2) is 4.32. The molecule has 1 amide bonds. The highest BCUT2D eigenvalue weighted by molar-refractivity contribution is 6.25. The normalized spacial score (nSPS) is 11.2. The summed E-state index contributed by atoms with van der Waals surface area (Å²) in [7, 11) is 0. The molecule has 0 unspecified atom stereocenters. The maximum absolute atomic E-state index is 11.5. The van der Waals surface area contributed by atoms with E-state index in [1.165, 1.54) is 16.2 Å². The van der Waals surface area contributed by atoms with Gasteiger partial charge in [-0.05, 0) is 44.5 Å². The summed E-state index contributed by atoms with van der Waals surface area (Å²) in [6.45, 7) is 0. The van der Waals surface area contributed by atoms with E-state index in [2.05, 4.69) is 30.3 Å². The lowest BCUT2D eigenvalue weighted by molar-refractivity contribution is 0.100. The van der Waals surface area contributed by atoms with Crippen molar-refractivity contribution in [1.29, 1.82) is 0 Å². The molecule has 0 spiro atoms. The summed E-state index contributed by atoms with van der Waals surface area (Å²) < 4.78 is 0. The van der Waals surface area contributed by atoms with Gasteiger partial charge in [0.05, 0.1) is 0 Å². The summed E-state index contributed by atoms with van der Waals surface area (Å²) in [6, 6.07) is 22.3. The average molecular weight is 271 g/mol. The largest absolute Gasteiger partial charge is 0.366 e. The van der Waals surface area contributed by atoms with E-state index in [4.69, 9.17) is 5.73 Å². The zero-order valence-electron chi connectivity index (χ0n) is 11.3. The quantitative estimate of drug-likeness (QED) is 0.517. The number of nitrogens with two attached hydrogens (primary N) is 1. The van der Waals surface area contributed by atoms with Crippen LogP contribution in [0.2, 0.25) is 0 Å². The van der Waals surface area contributed by atoms with Gasteiger partial charge in [0.15, 0.2) is 0 Å². The third kappa shape index (κ3) is 1.69. The van der Waals surface area contributed by atoms with Crippen molar-refractivity contribution < 1.29 is 4.79 Å². The van der Waals surface area contributed by atoms with Gasteiger partial charge < -0.3 is 5.73 Å². The van der Waals surface area contributed by atoms with Crippen LogP contribution < -0.4 is 5.73 Å². The summed E-state index contributed by atoms with van der Waals surface area (Å²) in [5.74, 6) is -0.394. The van der Waals surface area contributed by atoms with E-state index in [0.29, 0.717) is 5.56 Å². The van der Waals surface area contributed by atoms with Gasteiger partial charge in [-0.2, -0.15) is 0 Å². The molecule has 2 nitrogen and oxygen atoms in total. The van der Waals surface area contributed by atoms with Crippen molar-refractivity contribution in [2.75, 3.05) is 0 Å². The summed E-state index contributed by atoms with van der Waals surface area (Å²) in [4.78, 5) is 11.5. The molecule has 4 aromatic rings. The average Bonchev–Trinajstić information content (AvgIpc) is 2.54. The molecule has 0 radical (unpaired) electrons. The molecule has 0 aromatic heterocycles. The zero-order valence-corrected chi connectivity index (χ0v) is 11.3. The Labute approximate surface area is 121 Å². The van der Waals surface area contributed by atoms with Gasteiger partial charge >= 0.3 is 0 Å². The molecule has 0 aliphatic heterocycles. The number of fused-ring (bicyclic) bond motifs is 6. The Kier molecular flexibility index (Phi) is 2.45. The van der Waals surface area contributed by atoms with Crippen LogP contribution in [0.1, 0.15) is 10.4 Å². The van der Waals surface area contributed by atoms with Gasteiger partial charge in [-0.1, -0.05) is 54.6 Å². The van der Waals surface area contributed by atoms with Crippen LogP contribution in [0.5, 0.6) is 0 Å². The Morgan fingerprint density at radius 3 is 1.52 bits per heavy atom. The number of rotatable bonds is 1. The molecule has 0 saturated carbocycles. The number of hydrogen-bond donors (Lipinski definition) is 1. The fraction of sp³-hybridized carbons (Fsp3) is 0. The molecule has 0 aliphatic rings. The number of benzene rings is 4. The third-order valence-electron chi connectivity index (χ3n) is 4.03. The first kappa shape index (κ1) is 11.9. The number of carbonyl (C=O) groups excluding carboxylic acids is 1. The van der Waals surface area contributed by atoms with Crippen molar-refractivity contribution in [3.8, 4) is 0 Å². The van der Waals surface area contributed by atoms with Crippen molar-refractivity contribution in [1.82, 2.24) is 0 Å². The Bertz CT molecular complexity index is 982. The fourth-order valence-electron chi connectivity index (χ4n) is 3.06. The van der Waals surface area contributed by atoms with E-state index >= 15 is 0 Å². The van der Waals surface area contributed by atoms with Gasteiger partial charge in [0.25, 0.3) is 0 Å². The molecule has 0 bridgehead atoms. The van der Waals surface area contributed by atoms with Crippen LogP contribution in [-0.4, -0.2) is 5.91 Å². The van der Waals surface area contributed by atoms with E-state index in [-0.39, 0.29) is 0 Å². The molecule has 21 heavy (non-hydrogen) atoms. The molecule has 2 heteroatoms. The van der Waals surface area contributed by atoms with Gasteiger partial charge in [-0.25, -0.2) is 0 Å². The van der Waals surface area contributed by atoms with E-state index in [1.54, 1.807) is 6.07 Å². The predicted octanol–water partition coefficient (Wildman–Crippen LogP) is 4.25. The third-order valence-corrected chi connectivity index (χ3v) is 4.03. The van der Waals surface area contributed by atoms with Crippen LogP contribution >= 0.6 is 0 Å². The van der Waals surface area contributed by atoms with Gasteiger partial charge in [-0.15, -0.1) is 0 Å². The lowest BCUT2D eigenvalue weighted by Crippen LogP contribution is -2.10. The summed E-state index contributed by atoms with van der Waals surface area (Å²) in [5.41, 5.74) is 5.97. The van der Waals surface area contributed by atoms with Crippen molar-refractivity contribution >= 4 is 38.2 Å². The summed E-state index contributed by atoms with van der Waals surface area (Å²) in [5, 5.41) is 6.99. The van der Waals surface area contributed by atoms with Crippen LogP contribution in [0.15, 0.2) is 66.7 Å². The number of carbonyl (C=O) groups is 1. The van der Waals surface area contributed by atoms with Gasteiger partial charge in [0, 0.05) is 5.56 Å². The van der Waals surface area contributed by atoms with Crippen molar-refractivity contribution in [3.63, 3.8) is 0 Å². The maximum Gasteiger partial charge on any atom is 0.248 e. The second-order valence-electron chi connectivity index (χ2n) is 5.22. The van der Waals surface area contributed by atoms with E-state index in [9.17, 15) is 4.79 Å². The lowest BCUT2D eigenvalue weighted by Gasteiger charge is -2.10. The molecule has 0 aliphatic carbocycles. The first-order valence-corrected chi connectivity index (χ1v) is 6.89. The van der Waals surface area contributed by atoms with Gasteiger partial charge in [0.1, 0.15) is 0 Å². The number of primary amides is 1. The topological polar surface area (TPSA) is 43.1 Å². The molecule has 0 atom stereocenters. The minimum Gasteiger partial charge on any atom is -0.366 e. The Morgan fingerprint density at radius 2 is 1.05 bits per heavy atom. The molecule has 4 rings (SSSR count). The molecule has 0 heterocycles. The van der Waals surface area contributed by atoms with Gasteiger partial charge in [0.2, 0.25) is 5.91 Å². The smallest absolute Gasteiger partial charge is 0.248 e. The Morgan fingerprint density at radius 1 is 0.619 bits per heavy atom. The summed E-state index contributed by atoms with van der Waals surface area (Å²) >= 11 is 0. The monoisotopic (exact) mass is 271 g/mol. The van der Waals surface area contributed by atoms with Crippen LogP contribution in [-0.2, 0) is 0 Å². The van der Waals surface area contributed by atoms with Crippen molar-refractivity contribution in [3.05, 3.63) is 72.3 Å².